The fraction of sp³-hybridized carbons (Fsp3) is 0.226. The number of pyridine rings is 1. The molecule has 2 N–H and O–H groups in total. The van der Waals surface area contributed by atoms with Crippen LogP contribution in [0.1, 0.15) is 29.3 Å². The molecule has 2 heterocycles. The predicted octanol–water partition coefficient (Wildman–Crippen LogP) is 4.04. The lowest BCUT2D eigenvalue weighted by Crippen LogP contribution is -2.38. The first-order valence-corrected chi connectivity index (χ1v) is 14.9. The van der Waals surface area contributed by atoms with Crippen LogP contribution in [-0.4, -0.2) is 72.3 Å². The van der Waals surface area contributed by atoms with Gasteiger partial charge in [-0.2, -0.15) is 0 Å². The van der Waals surface area contributed by atoms with E-state index >= 15 is 0 Å². The summed E-state index contributed by atoms with van der Waals surface area (Å²) in [6, 6.07) is 24.6. The Morgan fingerprint density at radius 2 is 1.48 bits per heavy atom. The van der Waals surface area contributed by atoms with Gasteiger partial charge in [0.25, 0.3) is 21.9 Å². The van der Waals surface area contributed by atoms with E-state index < -0.39 is 16.0 Å². The number of nitrogens with zero attached hydrogens (tertiary/aromatic N) is 3. The second-order valence-corrected chi connectivity index (χ2v) is 11.4. The smallest absolute Gasteiger partial charge is 0.300 e. The number of carboxylic acids is 1. The van der Waals surface area contributed by atoms with Crippen molar-refractivity contribution in [2.45, 2.75) is 24.7 Å². The van der Waals surface area contributed by atoms with E-state index in [1.165, 1.54) is 6.07 Å². The highest BCUT2D eigenvalue weighted by Gasteiger charge is 2.23. The van der Waals surface area contributed by atoms with Crippen molar-refractivity contribution < 1.29 is 27.9 Å². The summed E-state index contributed by atoms with van der Waals surface area (Å²) in [6.45, 7) is 3.17. The van der Waals surface area contributed by atoms with Crippen LogP contribution in [0.4, 0.5) is 5.69 Å². The molecule has 3 aromatic carbocycles. The molecule has 5 rings (SSSR count). The van der Waals surface area contributed by atoms with Crippen molar-refractivity contribution in [1.29, 1.82) is 0 Å². The van der Waals surface area contributed by atoms with Gasteiger partial charge in [0, 0.05) is 55.9 Å². The fourth-order valence-electron chi connectivity index (χ4n) is 4.62. The van der Waals surface area contributed by atoms with E-state index in [2.05, 4.69) is 9.71 Å². The van der Waals surface area contributed by atoms with Gasteiger partial charge < -0.3 is 14.9 Å². The highest BCUT2D eigenvalue weighted by Crippen LogP contribution is 2.24. The monoisotopic (exact) mass is 588 g/mol. The molecule has 42 heavy (non-hydrogen) atoms. The zero-order valence-corrected chi connectivity index (χ0v) is 24.0. The molecule has 0 spiro atoms. The average molecular weight is 589 g/mol. The molecular formula is C31H32N4O6S. The number of hydrogen-bond donors (Lipinski definition) is 2. The van der Waals surface area contributed by atoms with E-state index in [1.807, 2.05) is 47.4 Å². The molecule has 1 aliphatic rings. The van der Waals surface area contributed by atoms with Gasteiger partial charge in [0.05, 0.1) is 11.9 Å². The molecular weight excluding hydrogens is 556 g/mol. The second-order valence-electron chi connectivity index (χ2n) is 9.72. The summed E-state index contributed by atoms with van der Waals surface area (Å²) in [5, 5.41) is 8.15. The molecule has 1 aliphatic heterocycles. The van der Waals surface area contributed by atoms with Crippen LogP contribution in [0.15, 0.2) is 96.0 Å². The average Bonchev–Trinajstić information content (AvgIpc) is 3.24. The van der Waals surface area contributed by atoms with E-state index in [-0.39, 0.29) is 16.7 Å². The summed E-state index contributed by atoms with van der Waals surface area (Å²) in [5.74, 6) is -0.918. The number of sulfonamides is 1. The Bertz CT molecular complexity index is 1650. The van der Waals surface area contributed by atoms with Crippen molar-refractivity contribution in [2.75, 3.05) is 30.9 Å². The molecule has 10 nitrogen and oxygen atoms in total. The molecule has 0 unspecified atom stereocenters. The number of hydrogen-bond acceptors (Lipinski definition) is 6. The molecule has 11 heteroatoms. The zero-order chi connectivity index (χ0) is 30.1. The van der Waals surface area contributed by atoms with Gasteiger partial charge in [-0.05, 0) is 48.4 Å². The molecule has 218 valence electrons. The number of carboxylic acid groups (broad SMARTS) is 1. The molecule has 0 aliphatic carbocycles. The van der Waals surface area contributed by atoms with Gasteiger partial charge in [0.2, 0.25) is 5.91 Å². The van der Waals surface area contributed by atoms with Crippen LogP contribution < -0.4 is 4.72 Å². The van der Waals surface area contributed by atoms with Crippen LogP contribution in [0, 0.1) is 0 Å². The summed E-state index contributed by atoms with van der Waals surface area (Å²) in [4.78, 5) is 42.8. The van der Waals surface area contributed by atoms with Gasteiger partial charge in [-0.3, -0.25) is 24.1 Å². The lowest BCUT2D eigenvalue weighted by atomic mass is 10.1. The van der Waals surface area contributed by atoms with Crippen molar-refractivity contribution in [3.05, 3.63) is 102 Å². The maximum absolute atomic E-state index is 13.2. The summed E-state index contributed by atoms with van der Waals surface area (Å²) < 4.78 is 28.7. The predicted molar refractivity (Wildman–Crippen MR) is 160 cm³/mol. The van der Waals surface area contributed by atoms with E-state index in [0.29, 0.717) is 55.8 Å². The summed E-state index contributed by atoms with van der Waals surface area (Å²) in [7, 11) is -3.88. The Labute approximate surface area is 244 Å². The van der Waals surface area contributed by atoms with Gasteiger partial charge in [-0.15, -0.1) is 0 Å². The number of aromatic nitrogens is 1. The zero-order valence-electron chi connectivity index (χ0n) is 23.1. The highest BCUT2D eigenvalue weighted by atomic mass is 32.2. The number of amides is 2. The third-order valence-electron chi connectivity index (χ3n) is 6.60. The van der Waals surface area contributed by atoms with Crippen molar-refractivity contribution in [3.63, 3.8) is 0 Å². The van der Waals surface area contributed by atoms with Crippen molar-refractivity contribution in [1.82, 2.24) is 14.8 Å². The van der Waals surface area contributed by atoms with E-state index in [1.54, 1.807) is 47.5 Å². The lowest BCUT2D eigenvalue weighted by Gasteiger charge is -2.22. The number of carbonyl (C=O) groups excluding carboxylic acids is 2. The third kappa shape index (κ3) is 7.91. The molecule has 1 saturated heterocycles. The largest absolute Gasteiger partial charge is 0.481 e. The number of para-hydroxylation sites is 1. The van der Waals surface area contributed by atoms with Crippen LogP contribution in [0.3, 0.4) is 0 Å². The summed E-state index contributed by atoms with van der Waals surface area (Å²) in [6.07, 6.45) is 2.60. The van der Waals surface area contributed by atoms with Crippen LogP contribution in [0.2, 0.25) is 0 Å². The second kappa shape index (κ2) is 13.7. The molecule has 0 bridgehead atoms. The maximum Gasteiger partial charge on any atom is 0.300 e. The minimum absolute atomic E-state index is 0.0588. The standard InChI is InChI=1S/C29H28N4O4S.C2H4O2/c34-27(21-22-7-2-1-3-8-22)32-17-6-18-33(20-19-32)29(35)24-12-14-25(15-13-24)31-38(36,37)26-11-4-9-23-10-5-16-30-28(23)26;1-2(3)4/h1-5,7-16,31H,6,17-21H2;1H3,(H,3,4). The number of aliphatic carboxylic acids is 1. The van der Waals surface area contributed by atoms with Crippen LogP contribution >= 0.6 is 0 Å². The fourth-order valence-corrected chi connectivity index (χ4v) is 5.86. The molecule has 1 aromatic heterocycles. The summed E-state index contributed by atoms with van der Waals surface area (Å²) in [5.41, 5.74) is 2.18. The molecule has 0 radical (unpaired) electrons. The summed E-state index contributed by atoms with van der Waals surface area (Å²) >= 11 is 0. The van der Waals surface area contributed by atoms with Crippen LogP contribution in [0.25, 0.3) is 10.9 Å². The first kappa shape index (κ1) is 30.2. The minimum atomic E-state index is -3.88. The first-order valence-electron chi connectivity index (χ1n) is 13.4. The topological polar surface area (TPSA) is 137 Å². The normalized spacial score (nSPS) is 13.5. The van der Waals surface area contributed by atoms with Gasteiger partial charge in [0.15, 0.2) is 0 Å². The van der Waals surface area contributed by atoms with Crippen LogP contribution in [-0.2, 0) is 26.0 Å². The van der Waals surface area contributed by atoms with Gasteiger partial charge >= 0.3 is 0 Å². The lowest BCUT2D eigenvalue weighted by molar-refractivity contribution is -0.134. The minimum Gasteiger partial charge on any atom is -0.481 e. The molecule has 2 amide bonds. The van der Waals surface area contributed by atoms with E-state index in [4.69, 9.17) is 9.90 Å². The Kier molecular flexibility index (Phi) is 9.87. The van der Waals surface area contributed by atoms with Gasteiger partial charge in [-0.1, -0.05) is 48.5 Å². The first-order chi connectivity index (χ1) is 20.1. The SMILES string of the molecule is CC(=O)O.O=C(Cc1ccccc1)N1CCCN(C(=O)c2ccc(NS(=O)(=O)c3cccc4cccnc34)cc2)CC1. The Morgan fingerprint density at radius 3 is 2.19 bits per heavy atom. The van der Waals surface area contributed by atoms with Crippen LogP contribution in [0.5, 0.6) is 0 Å². The molecule has 4 aromatic rings. The maximum atomic E-state index is 13.2. The molecule has 0 atom stereocenters. The van der Waals surface area contributed by atoms with Crippen molar-refractivity contribution in [2.24, 2.45) is 0 Å². The molecule has 1 fully saturated rings. The highest BCUT2D eigenvalue weighted by molar-refractivity contribution is 7.93. The number of fused-ring (bicyclic) bond motifs is 1. The van der Waals surface area contributed by atoms with E-state index in [0.717, 1.165) is 17.9 Å². The Morgan fingerprint density at radius 1 is 0.833 bits per heavy atom. The quantitative estimate of drug-likeness (QED) is 0.347. The van der Waals surface area contributed by atoms with Gasteiger partial charge in [-0.25, -0.2) is 8.42 Å². The Hall–Kier alpha value is -4.77. The number of rotatable bonds is 6. The number of nitrogens with one attached hydrogen (secondary N) is 1. The number of benzene rings is 3. The number of anilines is 1. The van der Waals surface area contributed by atoms with Gasteiger partial charge in [0.1, 0.15) is 4.90 Å². The Balaban J connectivity index is 0.000000952. The number of carbonyl (C=O) groups is 3. The van der Waals surface area contributed by atoms with E-state index in [9.17, 15) is 18.0 Å². The third-order valence-corrected chi connectivity index (χ3v) is 8.02. The van der Waals surface area contributed by atoms with Crippen molar-refractivity contribution >= 4 is 44.4 Å². The van der Waals surface area contributed by atoms with Crippen molar-refractivity contribution in [3.8, 4) is 0 Å². The molecule has 0 saturated carbocycles.